The van der Waals surface area contributed by atoms with Crippen molar-refractivity contribution >= 4 is 28.8 Å². The van der Waals surface area contributed by atoms with Crippen LogP contribution in [0.3, 0.4) is 0 Å². The topological polar surface area (TPSA) is 51.0 Å². The number of thiophene rings is 1. The standard InChI is InChI=1S/C18H21NO3S2/c1-13(19-20)14-3-5-16(6-4-14)24-17-11-15(12-23-17)18(21-2)7-9-22-10-8-18/h3-6,11-12,20H,7-10H2,1-2H3/b19-13-. The Morgan fingerprint density at radius 1 is 1.29 bits per heavy atom. The number of oxime groups is 1. The third kappa shape index (κ3) is 3.67. The molecule has 1 aliphatic rings. The van der Waals surface area contributed by atoms with Crippen molar-refractivity contribution in [3.05, 3.63) is 46.8 Å². The molecule has 0 bridgehead atoms. The molecule has 0 radical (unpaired) electrons. The maximum Gasteiger partial charge on any atom is 0.0979 e. The van der Waals surface area contributed by atoms with Crippen LogP contribution in [0.15, 0.2) is 50.0 Å². The minimum absolute atomic E-state index is 0.202. The molecule has 0 amide bonds. The molecule has 0 saturated carbocycles. The third-order valence-corrected chi connectivity index (χ3v) is 6.52. The molecule has 3 rings (SSSR count). The zero-order valence-corrected chi connectivity index (χ0v) is 15.5. The Kier molecular flexibility index (Phi) is 5.61. The fourth-order valence-electron chi connectivity index (χ4n) is 2.86. The second-order valence-corrected chi connectivity index (χ2v) is 8.06. The highest BCUT2D eigenvalue weighted by molar-refractivity contribution is 8.01. The Bertz CT molecular complexity index is 703. The number of benzene rings is 1. The first-order chi connectivity index (χ1) is 11.7. The molecule has 6 heteroatoms. The first kappa shape index (κ1) is 17.5. The molecule has 2 heterocycles. The molecule has 1 N–H and O–H groups in total. The highest BCUT2D eigenvalue weighted by Crippen LogP contribution is 2.41. The van der Waals surface area contributed by atoms with Gasteiger partial charge in [-0.3, -0.25) is 0 Å². The molecule has 0 spiro atoms. The smallest absolute Gasteiger partial charge is 0.0979 e. The van der Waals surface area contributed by atoms with Crippen molar-refractivity contribution in [3.63, 3.8) is 0 Å². The van der Waals surface area contributed by atoms with Crippen LogP contribution in [0.4, 0.5) is 0 Å². The molecule has 0 aliphatic carbocycles. The van der Waals surface area contributed by atoms with E-state index in [1.54, 1.807) is 37.1 Å². The van der Waals surface area contributed by atoms with E-state index in [1.165, 1.54) is 9.77 Å². The molecule has 0 unspecified atom stereocenters. The molecule has 1 aromatic heterocycles. The van der Waals surface area contributed by atoms with Crippen LogP contribution in [0.25, 0.3) is 0 Å². The molecule has 1 saturated heterocycles. The predicted octanol–water partition coefficient (Wildman–Crippen LogP) is 4.75. The highest BCUT2D eigenvalue weighted by Gasteiger charge is 2.35. The summed E-state index contributed by atoms with van der Waals surface area (Å²) in [5.74, 6) is 0. The van der Waals surface area contributed by atoms with Gasteiger partial charge in [-0.2, -0.15) is 0 Å². The van der Waals surface area contributed by atoms with E-state index in [4.69, 9.17) is 14.7 Å². The zero-order chi connectivity index (χ0) is 17.0. The summed E-state index contributed by atoms with van der Waals surface area (Å²) >= 11 is 3.48. The SMILES string of the molecule is COC1(c2csc(Sc3ccc(/C(C)=N\O)cc3)c2)CCOCC1. The van der Waals surface area contributed by atoms with Gasteiger partial charge in [0.2, 0.25) is 0 Å². The van der Waals surface area contributed by atoms with Crippen LogP contribution >= 0.6 is 23.1 Å². The number of nitrogens with zero attached hydrogens (tertiary/aromatic N) is 1. The van der Waals surface area contributed by atoms with Crippen molar-refractivity contribution < 1.29 is 14.7 Å². The van der Waals surface area contributed by atoms with E-state index in [1.807, 2.05) is 12.1 Å². The van der Waals surface area contributed by atoms with Gasteiger partial charge in [-0.1, -0.05) is 29.1 Å². The average molecular weight is 364 g/mol. The summed E-state index contributed by atoms with van der Waals surface area (Å²) in [6.45, 7) is 3.28. The van der Waals surface area contributed by atoms with E-state index >= 15 is 0 Å². The van der Waals surface area contributed by atoms with Crippen LogP contribution in [-0.2, 0) is 15.1 Å². The molecule has 2 aromatic rings. The van der Waals surface area contributed by atoms with Gasteiger partial charge in [0.05, 0.1) is 15.5 Å². The van der Waals surface area contributed by atoms with Gasteiger partial charge in [-0.05, 0) is 41.6 Å². The minimum Gasteiger partial charge on any atom is -0.411 e. The second kappa shape index (κ2) is 7.70. The number of hydrogen-bond acceptors (Lipinski definition) is 6. The van der Waals surface area contributed by atoms with Crippen LogP contribution < -0.4 is 0 Å². The van der Waals surface area contributed by atoms with Gasteiger partial charge in [0, 0.05) is 38.1 Å². The van der Waals surface area contributed by atoms with Crippen molar-refractivity contribution in [1.82, 2.24) is 0 Å². The summed E-state index contributed by atoms with van der Waals surface area (Å²) in [6, 6.07) is 10.3. The minimum atomic E-state index is -0.202. The van der Waals surface area contributed by atoms with Gasteiger partial charge in [-0.15, -0.1) is 11.3 Å². The van der Waals surface area contributed by atoms with Gasteiger partial charge in [0.1, 0.15) is 0 Å². The molecular weight excluding hydrogens is 342 g/mol. The quantitative estimate of drug-likeness (QED) is 0.473. The molecule has 1 aromatic carbocycles. The summed E-state index contributed by atoms with van der Waals surface area (Å²) in [5.41, 5.74) is 2.59. The van der Waals surface area contributed by atoms with Crippen molar-refractivity contribution in [2.24, 2.45) is 5.16 Å². The van der Waals surface area contributed by atoms with Crippen molar-refractivity contribution in [1.29, 1.82) is 0 Å². The van der Waals surface area contributed by atoms with E-state index in [-0.39, 0.29) is 5.60 Å². The Hall–Kier alpha value is -1.34. The Morgan fingerprint density at radius 3 is 2.62 bits per heavy atom. The summed E-state index contributed by atoms with van der Waals surface area (Å²) in [4.78, 5) is 1.16. The van der Waals surface area contributed by atoms with E-state index in [0.717, 1.165) is 36.5 Å². The van der Waals surface area contributed by atoms with Crippen LogP contribution in [0, 0.1) is 0 Å². The van der Waals surface area contributed by atoms with Crippen LogP contribution in [0.1, 0.15) is 30.9 Å². The van der Waals surface area contributed by atoms with Crippen LogP contribution in [0.2, 0.25) is 0 Å². The van der Waals surface area contributed by atoms with Crippen LogP contribution in [0.5, 0.6) is 0 Å². The summed E-state index contributed by atoms with van der Waals surface area (Å²) < 4.78 is 12.6. The summed E-state index contributed by atoms with van der Waals surface area (Å²) in [5, 5.41) is 14.3. The Balaban J connectivity index is 1.74. The zero-order valence-electron chi connectivity index (χ0n) is 13.8. The van der Waals surface area contributed by atoms with E-state index in [2.05, 4.69) is 28.7 Å². The van der Waals surface area contributed by atoms with Crippen molar-refractivity contribution in [3.8, 4) is 0 Å². The summed E-state index contributed by atoms with van der Waals surface area (Å²) in [6.07, 6.45) is 1.80. The lowest BCUT2D eigenvalue weighted by molar-refractivity contribution is -0.0946. The Labute approximate surface area is 150 Å². The fourth-order valence-corrected chi connectivity index (χ4v) is 4.90. The first-order valence-electron chi connectivity index (χ1n) is 7.86. The maximum absolute atomic E-state index is 8.83. The molecular formula is C18H21NO3S2. The lowest BCUT2D eigenvalue weighted by Crippen LogP contribution is -2.35. The number of rotatable bonds is 5. The van der Waals surface area contributed by atoms with Crippen molar-refractivity contribution in [2.75, 3.05) is 20.3 Å². The van der Waals surface area contributed by atoms with E-state index < -0.39 is 0 Å². The lowest BCUT2D eigenvalue weighted by atomic mass is 9.88. The number of hydrogen-bond donors (Lipinski definition) is 1. The maximum atomic E-state index is 8.83. The molecule has 4 nitrogen and oxygen atoms in total. The fraction of sp³-hybridized carbons (Fsp3) is 0.389. The molecule has 24 heavy (non-hydrogen) atoms. The molecule has 1 aliphatic heterocycles. The molecule has 128 valence electrons. The van der Waals surface area contributed by atoms with Gasteiger partial charge in [0.25, 0.3) is 0 Å². The monoisotopic (exact) mass is 363 g/mol. The van der Waals surface area contributed by atoms with Gasteiger partial charge >= 0.3 is 0 Å². The van der Waals surface area contributed by atoms with Crippen LogP contribution in [-0.4, -0.2) is 31.2 Å². The highest BCUT2D eigenvalue weighted by atomic mass is 32.2. The van der Waals surface area contributed by atoms with E-state index in [9.17, 15) is 0 Å². The first-order valence-corrected chi connectivity index (χ1v) is 9.55. The van der Waals surface area contributed by atoms with Gasteiger partial charge < -0.3 is 14.7 Å². The third-order valence-electron chi connectivity index (χ3n) is 4.43. The lowest BCUT2D eigenvalue weighted by Gasteiger charge is -2.35. The van der Waals surface area contributed by atoms with Gasteiger partial charge in [0.15, 0.2) is 0 Å². The molecule has 1 fully saturated rings. The summed E-state index contributed by atoms with van der Waals surface area (Å²) in [7, 11) is 1.79. The number of methoxy groups -OCH3 is 1. The number of ether oxygens (including phenoxy) is 2. The normalized spacial score (nSPS) is 17.8. The predicted molar refractivity (Wildman–Crippen MR) is 97.6 cm³/mol. The Morgan fingerprint density at radius 2 is 2.00 bits per heavy atom. The van der Waals surface area contributed by atoms with E-state index in [0.29, 0.717) is 5.71 Å². The largest absolute Gasteiger partial charge is 0.411 e. The van der Waals surface area contributed by atoms with Gasteiger partial charge in [-0.25, -0.2) is 0 Å². The second-order valence-electron chi connectivity index (χ2n) is 5.78. The molecule has 0 atom stereocenters. The average Bonchev–Trinajstić information content (AvgIpc) is 3.11. The van der Waals surface area contributed by atoms with Crippen molar-refractivity contribution in [2.45, 2.75) is 34.5 Å².